The highest BCUT2D eigenvalue weighted by Gasteiger charge is 2.52. The van der Waals surface area contributed by atoms with Gasteiger partial charge in [0.25, 0.3) is 0 Å². The molecule has 3 rings (SSSR count). The summed E-state index contributed by atoms with van der Waals surface area (Å²) in [4.78, 5) is 22.5. The maximum atomic E-state index is 11.3. The Morgan fingerprint density at radius 2 is 1.95 bits per heavy atom. The number of hydrogen-bond donors (Lipinski definition) is 1. The maximum absolute atomic E-state index is 11.3. The van der Waals surface area contributed by atoms with E-state index in [9.17, 15) is 14.7 Å². The van der Waals surface area contributed by atoms with E-state index in [4.69, 9.17) is 9.47 Å². The van der Waals surface area contributed by atoms with E-state index in [1.807, 2.05) is 0 Å². The van der Waals surface area contributed by atoms with Crippen molar-refractivity contribution in [1.82, 2.24) is 0 Å². The van der Waals surface area contributed by atoms with Crippen molar-refractivity contribution in [2.45, 2.75) is 24.2 Å². The monoisotopic (exact) mass is 262 g/mol. The van der Waals surface area contributed by atoms with Gasteiger partial charge in [-0.2, -0.15) is 0 Å². The first-order valence-electron chi connectivity index (χ1n) is 6.19. The van der Waals surface area contributed by atoms with Gasteiger partial charge in [-0.1, -0.05) is 0 Å². The molecule has 2 spiro atoms. The molecule has 1 saturated heterocycles. The lowest BCUT2D eigenvalue weighted by molar-refractivity contribution is -0.215. The summed E-state index contributed by atoms with van der Waals surface area (Å²) in [5, 5.41) is 9.39. The molecule has 0 aromatic rings. The minimum absolute atomic E-state index is 0.0497. The number of hydrogen-bond acceptors (Lipinski definition) is 5. The first kappa shape index (κ1) is 12.5. The molecule has 100 valence electrons. The molecule has 5 heteroatoms. The highest BCUT2D eigenvalue weighted by Crippen LogP contribution is 2.46. The smallest absolute Gasteiger partial charge is 0.195 e. The van der Waals surface area contributed by atoms with Crippen LogP contribution in [0, 0.1) is 0 Å². The van der Waals surface area contributed by atoms with Gasteiger partial charge >= 0.3 is 0 Å². The standard InChI is InChI=1S/C14H14O5/c15-8-10-7-12(17)9-18-14(10)6-5-13(19-14)3-1-11(16)2-4-13/h1-4,7,15H,5-6,8-9H2/t14-/m0/s1. The van der Waals surface area contributed by atoms with Crippen molar-refractivity contribution < 1.29 is 24.2 Å². The van der Waals surface area contributed by atoms with Crippen LogP contribution in [-0.2, 0) is 19.1 Å². The van der Waals surface area contributed by atoms with E-state index in [2.05, 4.69) is 0 Å². The Labute approximate surface area is 110 Å². The van der Waals surface area contributed by atoms with E-state index in [0.717, 1.165) is 0 Å². The Morgan fingerprint density at radius 1 is 1.21 bits per heavy atom. The number of ketones is 2. The van der Waals surface area contributed by atoms with Crippen LogP contribution in [0.4, 0.5) is 0 Å². The summed E-state index contributed by atoms with van der Waals surface area (Å²) in [6.45, 7) is -0.333. The predicted octanol–water partition coefficient (Wildman–Crippen LogP) is 0.445. The zero-order chi connectivity index (χ0) is 13.5. The van der Waals surface area contributed by atoms with E-state index in [0.29, 0.717) is 18.4 Å². The molecule has 1 N–H and O–H groups in total. The van der Waals surface area contributed by atoms with Gasteiger partial charge in [0.2, 0.25) is 0 Å². The molecular weight excluding hydrogens is 248 g/mol. The van der Waals surface area contributed by atoms with E-state index in [1.165, 1.54) is 18.2 Å². The fourth-order valence-corrected chi connectivity index (χ4v) is 2.68. The van der Waals surface area contributed by atoms with Gasteiger partial charge in [-0.3, -0.25) is 9.59 Å². The topological polar surface area (TPSA) is 72.8 Å². The quantitative estimate of drug-likeness (QED) is 0.742. The van der Waals surface area contributed by atoms with Gasteiger partial charge in [-0.05, 0) is 36.8 Å². The number of carbonyl (C=O) groups excluding carboxylic acids is 2. The molecule has 19 heavy (non-hydrogen) atoms. The minimum atomic E-state index is -1.04. The Hall–Kier alpha value is -1.56. The Kier molecular flexibility index (Phi) is 2.78. The molecular formula is C14H14O5. The predicted molar refractivity (Wildman–Crippen MR) is 65.2 cm³/mol. The molecule has 2 heterocycles. The van der Waals surface area contributed by atoms with Crippen molar-refractivity contribution in [2.75, 3.05) is 13.2 Å². The molecule has 3 aliphatic rings. The molecule has 0 aromatic carbocycles. The number of allylic oxidation sites excluding steroid dienone is 2. The number of aliphatic hydroxyl groups is 1. The lowest BCUT2D eigenvalue weighted by atomic mass is 9.92. The molecule has 1 fully saturated rings. The van der Waals surface area contributed by atoms with Gasteiger partial charge in [0, 0.05) is 12.0 Å². The molecule has 1 atom stereocenters. The van der Waals surface area contributed by atoms with E-state index >= 15 is 0 Å². The van der Waals surface area contributed by atoms with Gasteiger partial charge in [0.15, 0.2) is 17.4 Å². The second-order valence-corrected chi connectivity index (χ2v) is 4.96. The van der Waals surface area contributed by atoms with Crippen LogP contribution in [-0.4, -0.2) is 41.3 Å². The first-order valence-corrected chi connectivity index (χ1v) is 6.19. The first-order chi connectivity index (χ1) is 9.07. The molecule has 0 unspecified atom stereocenters. The van der Waals surface area contributed by atoms with Gasteiger partial charge in [-0.15, -0.1) is 0 Å². The molecule has 1 aliphatic carbocycles. The minimum Gasteiger partial charge on any atom is -0.392 e. The average Bonchev–Trinajstić information content (AvgIpc) is 2.77. The molecule has 0 bridgehead atoms. The van der Waals surface area contributed by atoms with Crippen molar-refractivity contribution in [3.05, 3.63) is 36.0 Å². The van der Waals surface area contributed by atoms with Gasteiger partial charge in [0.1, 0.15) is 12.2 Å². The van der Waals surface area contributed by atoms with Crippen molar-refractivity contribution in [2.24, 2.45) is 0 Å². The van der Waals surface area contributed by atoms with Gasteiger partial charge < -0.3 is 14.6 Å². The number of carbonyl (C=O) groups is 2. The summed E-state index contributed by atoms with van der Waals surface area (Å²) < 4.78 is 11.5. The Morgan fingerprint density at radius 3 is 2.63 bits per heavy atom. The SMILES string of the molecule is O=C1C=CC2(C=C1)CC[C@]1(OCC(=O)C=C1CO)O2. The number of ether oxygens (including phenoxy) is 2. The van der Waals surface area contributed by atoms with Crippen LogP contribution in [0.1, 0.15) is 12.8 Å². The third-order valence-corrected chi connectivity index (χ3v) is 3.70. The van der Waals surface area contributed by atoms with Crippen LogP contribution in [0.25, 0.3) is 0 Å². The summed E-state index contributed by atoms with van der Waals surface area (Å²) >= 11 is 0. The van der Waals surface area contributed by atoms with Crippen LogP contribution < -0.4 is 0 Å². The number of rotatable bonds is 1. The van der Waals surface area contributed by atoms with Crippen molar-refractivity contribution in [3.63, 3.8) is 0 Å². The van der Waals surface area contributed by atoms with Crippen LogP contribution in [0.15, 0.2) is 36.0 Å². The third-order valence-electron chi connectivity index (χ3n) is 3.70. The average molecular weight is 262 g/mol. The second kappa shape index (κ2) is 4.23. The Bertz CT molecular complexity index is 512. The second-order valence-electron chi connectivity index (χ2n) is 4.96. The zero-order valence-corrected chi connectivity index (χ0v) is 10.3. The van der Waals surface area contributed by atoms with E-state index in [-0.39, 0.29) is 24.8 Å². The van der Waals surface area contributed by atoms with Crippen molar-refractivity contribution in [1.29, 1.82) is 0 Å². The summed E-state index contributed by atoms with van der Waals surface area (Å²) in [6.07, 6.45) is 8.92. The fraction of sp³-hybridized carbons (Fsp3) is 0.429. The molecule has 0 aromatic heterocycles. The highest BCUT2D eigenvalue weighted by atomic mass is 16.7. The molecule has 2 aliphatic heterocycles. The van der Waals surface area contributed by atoms with Gasteiger partial charge in [-0.25, -0.2) is 0 Å². The summed E-state index contributed by atoms with van der Waals surface area (Å²) in [6, 6.07) is 0. The van der Waals surface area contributed by atoms with Crippen LogP contribution in [0.3, 0.4) is 0 Å². The molecule has 0 amide bonds. The number of aliphatic hydroxyl groups excluding tert-OH is 1. The third kappa shape index (κ3) is 2.00. The van der Waals surface area contributed by atoms with E-state index in [1.54, 1.807) is 12.2 Å². The summed E-state index contributed by atoms with van der Waals surface area (Å²) in [5.74, 6) is -1.30. The summed E-state index contributed by atoms with van der Waals surface area (Å²) in [5.41, 5.74) is -0.234. The molecule has 0 radical (unpaired) electrons. The lowest BCUT2D eigenvalue weighted by Crippen LogP contribution is -2.43. The molecule has 0 saturated carbocycles. The van der Waals surface area contributed by atoms with Crippen molar-refractivity contribution >= 4 is 11.6 Å². The van der Waals surface area contributed by atoms with Gasteiger partial charge in [0.05, 0.1) is 6.61 Å². The molecule has 5 nitrogen and oxygen atoms in total. The Balaban J connectivity index is 1.91. The van der Waals surface area contributed by atoms with Crippen molar-refractivity contribution in [3.8, 4) is 0 Å². The van der Waals surface area contributed by atoms with Crippen LogP contribution >= 0.6 is 0 Å². The largest absolute Gasteiger partial charge is 0.392 e. The fourth-order valence-electron chi connectivity index (χ4n) is 2.68. The lowest BCUT2D eigenvalue weighted by Gasteiger charge is -2.36. The zero-order valence-electron chi connectivity index (χ0n) is 10.3. The van der Waals surface area contributed by atoms with Crippen LogP contribution in [0.5, 0.6) is 0 Å². The normalized spacial score (nSPS) is 32.4. The van der Waals surface area contributed by atoms with E-state index < -0.39 is 11.4 Å². The maximum Gasteiger partial charge on any atom is 0.195 e. The summed E-state index contributed by atoms with van der Waals surface area (Å²) in [7, 11) is 0. The highest BCUT2D eigenvalue weighted by molar-refractivity contribution is 6.00. The van der Waals surface area contributed by atoms with Crippen LogP contribution in [0.2, 0.25) is 0 Å².